The molecule has 92 valence electrons. The van der Waals surface area contributed by atoms with Gasteiger partial charge in [-0.25, -0.2) is 8.42 Å². The van der Waals surface area contributed by atoms with Crippen LogP contribution < -0.4 is 5.32 Å². The molecule has 2 unspecified atom stereocenters. The highest BCUT2D eigenvalue weighted by atomic mass is 79.9. The van der Waals surface area contributed by atoms with Crippen LogP contribution in [0.1, 0.15) is 17.8 Å². The summed E-state index contributed by atoms with van der Waals surface area (Å²) in [6.07, 6.45) is 1.26. The van der Waals surface area contributed by atoms with Crippen LogP contribution >= 0.6 is 43.2 Å². The Bertz CT molecular complexity index is 450. The van der Waals surface area contributed by atoms with Crippen molar-refractivity contribution >= 4 is 53.0 Å². The highest BCUT2D eigenvalue weighted by molar-refractivity contribution is 9.13. The van der Waals surface area contributed by atoms with Gasteiger partial charge in [-0.3, -0.25) is 0 Å². The van der Waals surface area contributed by atoms with Crippen LogP contribution in [0.25, 0.3) is 0 Å². The summed E-state index contributed by atoms with van der Waals surface area (Å²) in [5.41, 5.74) is 0. The Morgan fingerprint density at radius 2 is 2.00 bits per heavy atom. The van der Waals surface area contributed by atoms with Crippen LogP contribution in [0.5, 0.6) is 0 Å². The predicted octanol–water partition coefficient (Wildman–Crippen LogP) is 2.97. The average molecular weight is 391 g/mol. The molecule has 0 aromatic carbocycles. The molecule has 3 nitrogen and oxygen atoms in total. The Labute approximate surface area is 117 Å². The zero-order valence-electron chi connectivity index (χ0n) is 9.12. The minimum Gasteiger partial charge on any atom is -0.311 e. The van der Waals surface area contributed by atoms with Gasteiger partial charge >= 0.3 is 0 Å². The van der Waals surface area contributed by atoms with Gasteiger partial charge in [-0.15, -0.1) is 11.3 Å². The number of rotatable bonds is 4. The van der Waals surface area contributed by atoms with Crippen LogP contribution in [0.4, 0.5) is 0 Å². The van der Waals surface area contributed by atoms with Crippen molar-refractivity contribution in [3.8, 4) is 0 Å². The Morgan fingerprint density at radius 1 is 1.44 bits per heavy atom. The number of nitrogens with one attached hydrogen (secondary N) is 1. The lowest BCUT2D eigenvalue weighted by Gasteiger charge is -2.20. The molecule has 2 atom stereocenters. The van der Waals surface area contributed by atoms with Gasteiger partial charge in [-0.2, -0.15) is 0 Å². The molecular weight excluding hydrogens is 378 g/mol. The summed E-state index contributed by atoms with van der Waals surface area (Å²) in [4.78, 5) is 0.999. The third-order valence-electron chi connectivity index (χ3n) is 2.43. The van der Waals surface area contributed by atoms with E-state index < -0.39 is 15.1 Å². The van der Waals surface area contributed by atoms with E-state index in [9.17, 15) is 8.42 Å². The van der Waals surface area contributed by atoms with E-state index in [1.165, 1.54) is 17.6 Å². The number of hydrogen-bond donors (Lipinski definition) is 1. The SMILES string of the molecule is CNC(c1cc(Br)c(Br)s1)C(C)S(C)(=O)=O. The molecule has 0 aliphatic heterocycles. The zero-order valence-corrected chi connectivity index (χ0v) is 13.9. The number of hydrogen-bond acceptors (Lipinski definition) is 4. The lowest BCUT2D eigenvalue weighted by atomic mass is 10.2. The summed E-state index contributed by atoms with van der Waals surface area (Å²) in [7, 11) is -1.28. The summed E-state index contributed by atoms with van der Waals surface area (Å²) in [5, 5.41) is 2.61. The maximum atomic E-state index is 11.5. The number of thiophene rings is 1. The molecule has 1 rings (SSSR count). The molecule has 0 fully saturated rings. The Morgan fingerprint density at radius 3 is 2.31 bits per heavy atom. The largest absolute Gasteiger partial charge is 0.311 e. The Hall–Kier alpha value is 0.570. The maximum Gasteiger partial charge on any atom is 0.151 e. The van der Waals surface area contributed by atoms with Gasteiger partial charge < -0.3 is 5.32 Å². The second-order valence-corrected chi connectivity index (χ2v) is 9.23. The molecule has 1 N–H and O–H groups in total. The van der Waals surface area contributed by atoms with E-state index in [1.54, 1.807) is 14.0 Å². The quantitative estimate of drug-likeness (QED) is 0.859. The van der Waals surface area contributed by atoms with E-state index in [1.807, 2.05) is 6.07 Å². The van der Waals surface area contributed by atoms with Crippen LogP contribution in [0.2, 0.25) is 0 Å². The molecule has 0 saturated carbocycles. The van der Waals surface area contributed by atoms with Crippen molar-refractivity contribution < 1.29 is 8.42 Å². The van der Waals surface area contributed by atoms with E-state index in [4.69, 9.17) is 0 Å². The van der Waals surface area contributed by atoms with Gasteiger partial charge in [0.25, 0.3) is 0 Å². The van der Waals surface area contributed by atoms with E-state index in [0.29, 0.717) is 0 Å². The molecule has 0 aliphatic carbocycles. The van der Waals surface area contributed by atoms with Crippen molar-refractivity contribution in [3.63, 3.8) is 0 Å². The average Bonchev–Trinajstić information content (AvgIpc) is 2.46. The molecular formula is C9H13Br2NO2S2. The highest BCUT2D eigenvalue weighted by Gasteiger charge is 2.27. The van der Waals surface area contributed by atoms with Crippen LogP contribution in [0.15, 0.2) is 14.3 Å². The monoisotopic (exact) mass is 389 g/mol. The summed E-state index contributed by atoms with van der Waals surface area (Å²) < 4.78 is 25.0. The van der Waals surface area contributed by atoms with Gasteiger partial charge in [0, 0.05) is 15.6 Å². The van der Waals surface area contributed by atoms with Crippen molar-refractivity contribution in [2.24, 2.45) is 0 Å². The van der Waals surface area contributed by atoms with E-state index in [0.717, 1.165) is 13.1 Å². The van der Waals surface area contributed by atoms with Gasteiger partial charge in [0.15, 0.2) is 9.84 Å². The maximum absolute atomic E-state index is 11.5. The van der Waals surface area contributed by atoms with E-state index in [2.05, 4.69) is 37.2 Å². The molecule has 1 aromatic heterocycles. The van der Waals surface area contributed by atoms with Crippen molar-refractivity contribution in [2.75, 3.05) is 13.3 Å². The first-order chi connectivity index (χ1) is 7.27. The first-order valence-electron chi connectivity index (χ1n) is 4.58. The molecule has 0 spiro atoms. The molecule has 16 heavy (non-hydrogen) atoms. The minimum absolute atomic E-state index is 0.178. The first kappa shape index (κ1) is 14.6. The number of sulfone groups is 1. The van der Waals surface area contributed by atoms with Gasteiger partial charge in [0.2, 0.25) is 0 Å². The summed E-state index contributed by atoms with van der Waals surface area (Å²) in [5.74, 6) is 0. The lowest BCUT2D eigenvalue weighted by molar-refractivity contribution is 0.539. The third-order valence-corrected chi connectivity index (χ3v) is 7.39. The van der Waals surface area contributed by atoms with Crippen molar-refractivity contribution in [1.82, 2.24) is 5.32 Å². The summed E-state index contributed by atoms with van der Waals surface area (Å²) in [6.45, 7) is 1.72. The van der Waals surface area contributed by atoms with Crippen LogP contribution in [0, 0.1) is 0 Å². The van der Waals surface area contributed by atoms with Crippen molar-refractivity contribution in [3.05, 3.63) is 19.2 Å². The van der Waals surface area contributed by atoms with Crippen molar-refractivity contribution in [1.29, 1.82) is 0 Å². The molecule has 1 aromatic rings. The van der Waals surface area contributed by atoms with Gasteiger partial charge in [0.05, 0.1) is 15.1 Å². The summed E-state index contributed by atoms with van der Waals surface area (Å²) in [6, 6.07) is 1.76. The van der Waals surface area contributed by atoms with Gasteiger partial charge in [-0.1, -0.05) is 0 Å². The van der Waals surface area contributed by atoms with Crippen LogP contribution in [-0.2, 0) is 9.84 Å². The third kappa shape index (κ3) is 3.29. The van der Waals surface area contributed by atoms with E-state index >= 15 is 0 Å². The molecule has 0 saturated heterocycles. The fourth-order valence-electron chi connectivity index (χ4n) is 1.37. The zero-order chi connectivity index (χ0) is 12.5. The molecule has 1 heterocycles. The first-order valence-corrected chi connectivity index (χ1v) is 8.94. The molecule has 7 heteroatoms. The second kappa shape index (κ2) is 5.48. The number of halogens is 2. The fraction of sp³-hybridized carbons (Fsp3) is 0.556. The summed E-state index contributed by atoms with van der Waals surface area (Å²) >= 11 is 8.34. The topological polar surface area (TPSA) is 46.2 Å². The predicted molar refractivity (Wildman–Crippen MR) is 75.8 cm³/mol. The van der Waals surface area contributed by atoms with Crippen LogP contribution in [0.3, 0.4) is 0 Å². The standard InChI is InChI=1S/C9H13Br2NO2S2/c1-5(16(3,13)14)8(12-2)7-4-6(10)9(11)15-7/h4-5,8,12H,1-3H3. The lowest BCUT2D eigenvalue weighted by Crippen LogP contribution is -2.32. The molecule has 0 aliphatic rings. The minimum atomic E-state index is -3.05. The second-order valence-electron chi connectivity index (χ2n) is 3.57. The molecule has 0 radical (unpaired) electrons. The Kier molecular flexibility index (Phi) is 5.01. The van der Waals surface area contributed by atoms with Gasteiger partial charge in [-0.05, 0) is 51.9 Å². The normalized spacial score (nSPS) is 16.1. The van der Waals surface area contributed by atoms with Crippen molar-refractivity contribution in [2.45, 2.75) is 18.2 Å². The Balaban J connectivity index is 3.08. The van der Waals surface area contributed by atoms with E-state index in [-0.39, 0.29) is 6.04 Å². The molecule has 0 bridgehead atoms. The van der Waals surface area contributed by atoms with Gasteiger partial charge in [0.1, 0.15) is 0 Å². The smallest absolute Gasteiger partial charge is 0.151 e. The highest BCUT2D eigenvalue weighted by Crippen LogP contribution is 2.37. The fourth-order valence-corrected chi connectivity index (χ4v) is 4.54. The van der Waals surface area contributed by atoms with Crippen LogP contribution in [-0.4, -0.2) is 27.0 Å². The molecule has 0 amide bonds.